The molecule has 3 rings (SSSR count). The smallest absolute Gasteiger partial charge is 0.322 e. The molecule has 0 aliphatic rings. The van der Waals surface area contributed by atoms with E-state index in [1.807, 2.05) is 25.1 Å². The Bertz CT molecular complexity index is 1000. The van der Waals surface area contributed by atoms with Gasteiger partial charge in [0.2, 0.25) is 0 Å². The number of hydrogen-bond donors (Lipinski definition) is 1. The van der Waals surface area contributed by atoms with Crippen LogP contribution in [0.1, 0.15) is 32.9 Å². The standard InChI is InChI=1S/C21H19F3N2O/c1-13-8-4-6-10-18(13)25-20(27)16-12-14(2)26(15(16)3)19-11-7-5-9-17(19)21(22,23)24/h4-12H,1-3H3,(H,25,27). The Kier molecular flexibility index (Phi) is 4.83. The molecule has 3 nitrogen and oxygen atoms in total. The fraction of sp³-hybridized carbons (Fsp3) is 0.190. The van der Waals surface area contributed by atoms with Gasteiger partial charge in [0, 0.05) is 17.1 Å². The SMILES string of the molecule is Cc1ccccc1NC(=O)c1cc(C)n(-c2ccccc2C(F)(F)F)c1C. The van der Waals surface area contributed by atoms with Gasteiger partial charge in [0.05, 0.1) is 16.8 Å². The zero-order valence-corrected chi connectivity index (χ0v) is 15.2. The highest BCUT2D eigenvalue weighted by Gasteiger charge is 2.34. The van der Waals surface area contributed by atoms with Crippen molar-refractivity contribution in [1.29, 1.82) is 0 Å². The highest BCUT2D eigenvalue weighted by molar-refractivity contribution is 6.05. The molecule has 1 amide bonds. The summed E-state index contributed by atoms with van der Waals surface area (Å²) in [6, 6.07) is 14.3. The van der Waals surface area contributed by atoms with E-state index in [1.165, 1.54) is 16.7 Å². The minimum atomic E-state index is -4.48. The van der Waals surface area contributed by atoms with Gasteiger partial charge < -0.3 is 9.88 Å². The molecule has 1 heterocycles. The first kappa shape index (κ1) is 18.8. The first-order chi connectivity index (χ1) is 12.7. The van der Waals surface area contributed by atoms with E-state index in [1.54, 1.807) is 32.0 Å². The number of para-hydroxylation sites is 2. The van der Waals surface area contributed by atoms with E-state index in [4.69, 9.17) is 0 Å². The van der Waals surface area contributed by atoms with Gasteiger partial charge in [0.15, 0.2) is 0 Å². The third-order valence-corrected chi connectivity index (χ3v) is 4.52. The molecule has 0 spiro atoms. The Hall–Kier alpha value is -3.02. The van der Waals surface area contributed by atoms with E-state index < -0.39 is 11.7 Å². The molecule has 0 radical (unpaired) electrons. The lowest BCUT2D eigenvalue weighted by Crippen LogP contribution is -2.15. The molecule has 1 N–H and O–H groups in total. The maximum Gasteiger partial charge on any atom is 0.418 e. The molecule has 0 unspecified atom stereocenters. The molecule has 0 atom stereocenters. The van der Waals surface area contributed by atoms with Crippen LogP contribution in [-0.2, 0) is 6.18 Å². The van der Waals surface area contributed by atoms with E-state index in [9.17, 15) is 18.0 Å². The van der Waals surface area contributed by atoms with Crippen LogP contribution in [-0.4, -0.2) is 10.5 Å². The van der Waals surface area contributed by atoms with Crippen molar-refractivity contribution in [2.24, 2.45) is 0 Å². The molecule has 3 aromatic rings. The fourth-order valence-electron chi connectivity index (χ4n) is 3.17. The topological polar surface area (TPSA) is 34.0 Å². The first-order valence-electron chi connectivity index (χ1n) is 8.42. The lowest BCUT2D eigenvalue weighted by Gasteiger charge is -2.17. The summed E-state index contributed by atoms with van der Waals surface area (Å²) in [5.41, 5.74) is 2.19. The molecule has 0 saturated heterocycles. The minimum Gasteiger partial charge on any atom is -0.322 e. The van der Waals surface area contributed by atoms with Crippen LogP contribution in [0.25, 0.3) is 5.69 Å². The highest BCUT2D eigenvalue weighted by atomic mass is 19.4. The Balaban J connectivity index is 2.04. The Morgan fingerprint density at radius 2 is 1.59 bits per heavy atom. The van der Waals surface area contributed by atoms with Crippen molar-refractivity contribution in [3.05, 3.63) is 82.7 Å². The molecule has 6 heteroatoms. The van der Waals surface area contributed by atoms with Crippen molar-refractivity contribution >= 4 is 11.6 Å². The lowest BCUT2D eigenvalue weighted by atomic mass is 10.1. The van der Waals surface area contributed by atoms with Gasteiger partial charge in [-0.25, -0.2) is 0 Å². The molecular formula is C21H19F3N2O. The maximum atomic E-state index is 13.4. The largest absolute Gasteiger partial charge is 0.418 e. The summed E-state index contributed by atoms with van der Waals surface area (Å²) >= 11 is 0. The second kappa shape index (κ2) is 6.95. The normalized spacial score (nSPS) is 11.5. The summed E-state index contributed by atoms with van der Waals surface area (Å²) in [6.07, 6.45) is -4.48. The Labute approximate surface area is 155 Å². The van der Waals surface area contributed by atoms with Gasteiger partial charge in [-0.2, -0.15) is 13.2 Å². The van der Waals surface area contributed by atoms with Crippen LogP contribution in [0.4, 0.5) is 18.9 Å². The maximum absolute atomic E-state index is 13.4. The number of rotatable bonds is 3. The first-order valence-corrected chi connectivity index (χ1v) is 8.42. The number of carbonyl (C=O) groups is 1. The van der Waals surface area contributed by atoms with Gasteiger partial charge in [-0.05, 0) is 50.6 Å². The number of alkyl halides is 3. The van der Waals surface area contributed by atoms with Crippen LogP contribution < -0.4 is 5.32 Å². The summed E-state index contributed by atoms with van der Waals surface area (Å²) in [5.74, 6) is -0.354. The monoisotopic (exact) mass is 372 g/mol. The van der Waals surface area contributed by atoms with Crippen LogP contribution in [0.2, 0.25) is 0 Å². The molecular weight excluding hydrogens is 353 g/mol. The van der Waals surface area contributed by atoms with Crippen molar-refractivity contribution < 1.29 is 18.0 Å². The quantitative estimate of drug-likeness (QED) is 0.631. The summed E-state index contributed by atoms with van der Waals surface area (Å²) in [4.78, 5) is 12.7. The minimum absolute atomic E-state index is 0.00921. The van der Waals surface area contributed by atoms with E-state index in [-0.39, 0.29) is 11.6 Å². The van der Waals surface area contributed by atoms with Gasteiger partial charge >= 0.3 is 6.18 Å². The van der Waals surface area contributed by atoms with Crippen LogP contribution in [0.15, 0.2) is 54.6 Å². The van der Waals surface area contributed by atoms with Gasteiger partial charge in [0.25, 0.3) is 5.91 Å². The Morgan fingerprint density at radius 3 is 2.26 bits per heavy atom. The number of nitrogens with zero attached hydrogens (tertiary/aromatic N) is 1. The molecule has 140 valence electrons. The molecule has 0 saturated carbocycles. The van der Waals surface area contributed by atoms with Crippen molar-refractivity contribution in [2.75, 3.05) is 5.32 Å². The molecule has 0 fully saturated rings. The zero-order valence-electron chi connectivity index (χ0n) is 15.2. The van der Waals surface area contributed by atoms with Crippen molar-refractivity contribution in [3.63, 3.8) is 0 Å². The highest BCUT2D eigenvalue weighted by Crippen LogP contribution is 2.35. The number of halogens is 3. The van der Waals surface area contributed by atoms with E-state index in [0.29, 0.717) is 22.6 Å². The second-order valence-electron chi connectivity index (χ2n) is 6.40. The summed E-state index contributed by atoms with van der Waals surface area (Å²) < 4.78 is 41.7. The lowest BCUT2D eigenvalue weighted by molar-refractivity contribution is -0.137. The van der Waals surface area contributed by atoms with Gasteiger partial charge in [-0.3, -0.25) is 4.79 Å². The molecule has 0 aliphatic heterocycles. The molecule has 2 aromatic carbocycles. The van der Waals surface area contributed by atoms with Crippen molar-refractivity contribution in [1.82, 2.24) is 4.57 Å². The molecule has 0 bridgehead atoms. The van der Waals surface area contributed by atoms with E-state index in [0.717, 1.165) is 11.6 Å². The predicted octanol–water partition coefficient (Wildman–Crippen LogP) is 5.67. The number of anilines is 1. The summed E-state index contributed by atoms with van der Waals surface area (Å²) in [7, 11) is 0. The zero-order chi connectivity index (χ0) is 19.8. The second-order valence-corrected chi connectivity index (χ2v) is 6.40. The number of aryl methyl sites for hydroxylation is 2. The number of benzene rings is 2. The van der Waals surface area contributed by atoms with E-state index in [2.05, 4.69) is 5.32 Å². The average Bonchev–Trinajstić information content (AvgIpc) is 2.90. The number of nitrogens with one attached hydrogen (secondary N) is 1. The fourth-order valence-corrected chi connectivity index (χ4v) is 3.17. The van der Waals surface area contributed by atoms with Gasteiger partial charge in [-0.15, -0.1) is 0 Å². The molecule has 0 aliphatic carbocycles. The third-order valence-electron chi connectivity index (χ3n) is 4.52. The predicted molar refractivity (Wildman–Crippen MR) is 99.4 cm³/mol. The van der Waals surface area contributed by atoms with Crippen LogP contribution in [0.3, 0.4) is 0 Å². The summed E-state index contributed by atoms with van der Waals surface area (Å²) in [5, 5.41) is 2.83. The third kappa shape index (κ3) is 3.60. The van der Waals surface area contributed by atoms with Gasteiger partial charge in [-0.1, -0.05) is 30.3 Å². The van der Waals surface area contributed by atoms with Crippen LogP contribution >= 0.6 is 0 Å². The van der Waals surface area contributed by atoms with Crippen molar-refractivity contribution in [3.8, 4) is 5.69 Å². The number of carbonyl (C=O) groups excluding carboxylic acids is 1. The van der Waals surface area contributed by atoms with Gasteiger partial charge in [0.1, 0.15) is 0 Å². The summed E-state index contributed by atoms with van der Waals surface area (Å²) in [6.45, 7) is 5.20. The number of hydrogen-bond acceptors (Lipinski definition) is 1. The van der Waals surface area contributed by atoms with E-state index >= 15 is 0 Å². The van der Waals surface area contributed by atoms with Crippen molar-refractivity contribution in [2.45, 2.75) is 26.9 Å². The average molecular weight is 372 g/mol. The number of amides is 1. The van der Waals surface area contributed by atoms with Crippen LogP contribution in [0.5, 0.6) is 0 Å². The van der Waals surface area contributed by atoms with Crippen LogP contribution in [0, 0.1) is 20.8 Å². The molecule has 27 heavy (non-hydrogen) atoms. The number of aromatic nitrogens is 1. The molecule has 1 aromatic heterocycles. The Morgan fingerprint density at radius 1 is 0.963 bits per heavy atom.